The van der Waals surface area contributed by atoms with Crippen LogP contribution in [0.25, 0.3) is 88.4 Å². The number of benzene rings is 6. The van der Waals surface area contributed by atoms with Crippen molar-refractivity contribution < 1.29 is 0 Å². The van der Waals surface area contributed by atoms with Gasteiger partial charge in [0.15, 0.2) is 0 Å². The van der Waals surface area contributed by atoms with Crippen LogP contribution in [-0.2, 0) is 10.8 Å². The molecule has 2 aliphatic rings. The molecule has 366 valence electrons. The summed E-state index contributed by atoms with van der Waals surface area (Å²) in [7, 11) is 0. The van der Waals surface area contributed by atoms with Crippen LogP contribution < -0.4 is 0 Å². The molecular formula is C68H74N4. The van der Waals surface area contributed by atoms with Gasteiger partial charge < -0.3 is 0 Å². The summed E-state index contributed by atoms with van der Waals surface area (Å²) in [4.78, 5) is 21.6. The standard InChI is InChI=1S/C68H74N4/c1-5-9-13-23-37-67(38-24-14-10-6-2)57-29-19-17-27-51(57)53-35-33-47(43-59(53)67)49-41-55-63(69-45-49)64-56(66-65(55)71-61-31-21-22-32-62(61)72-66)42-50(46-70-64)48-34-36-54-52-28-18-20-30-58(52)68(60(54)44-48,39-25-15-11-7-3)40-26-16-12-8-4/h17-22,27-36,41-46H,5-16,23-26,37-40H2,1-4H3. The minimum atomic E-state index is 0.0101. The normalized spacial score (nSPS) is 14.1. The highest BCUT2D eigenvalue weighted by Crippen LogP contribution is 2.57. The first-order valence-electron chi connectivity index (χ1n) is 28.3. The summed E-state index contributed by atoms with van der Waals surface area (Å²) in [6.07, 6.45) is 29.2. The second kappa shape index (κ2) is 21.1. The van der Waals surface area contributed by atoms with Gasteiger partial charge in [0.25, 0.3) is 0 Å². The molecule has 3 aromatic heterocycles. The highest BCUT2D eigenvalue weighted by atomic mass is 14.8. The van der Waals surface area contributed by atoms with Gasteiger partial charge in [0, 0.05) is 45.1 Å². The first-order chi connectivity index (χ1) is 35.5. The van der Waals surface area contributed by atoms with Crippen LogP contribution in [0.1, 0.15) is 178 Å². The Balaban J connectivity index is 1.04. The Morgan fingerprint density at radius 2 is 0.681 bits per heavy atom. The SMILES string of the molecule is CCCCCCC1(CCCCCC)c2ccccc2-c2ccc(-c3cnc4c(c3)c3nc5ccccc5nc3c3cc(-c5ccc6c(c5)C(CCCCCC)(CCCCCC)c5ccccc5-6)cnc34)cc21. The number of rotatable bonds is 22. The van der Waals surface area contributed by atoms with Gasteiger partial charge in [0.2, 0.25) is 0 Å². The molecule has 0 spiro atoms. The van der Waals surface area contributed by atoms with E-state index in [4.69, 9.17) is 19.9 Å². The molecule has 2 aliphatic carbocycles. The molecule has 11 rings (SSSR count). The molecule has 4 heteroatoms. The van der Waals surface area contributed by atoms with Crippen LogP contribution in [0.5, 0.6) is 0 Å². The molecule has 0 bridgehead atoms. The van der Waals surface area contributed by atoms with Crippen LogP contribution in [0.3, 0.4) is 0 Å². The maximum absolute atomic E-state index is 5.44. The Bertz CT molecular complexity index is 3150. The molecule has 0 radical (unpaired) electrons. The van der Waals surface area contributed by atoms with Gasteiger partial charge in [-0.05, 0) is 118 Å². The van der Waals surface area contributed by atoms with Crippen molar-refractivity contribution >= 4 is 43.9 Å². The van der Waals surface area contributed by atoms with Gasteiger partial charge >= 0.3 is 0 Å². The Morgan fingerprint density at radius 1 is 0.319 bits per heavy atom. The molecule has 0 fully saturated rings. The number of pyridine rings is 2. The molecule has 4 nitrogen and oxygen atoms in total. The maximum Gasteiger partial charge on any atom is 0.0996 e. The minimum Gasteiger partial charge on any atom is -0.253 e. The molecule has 0 aliphatic heterocycles. The van der Waals surface area contributed by atoms with Crippen molar-refractivity contribution in [3.8, 4) is 44.5 Å². The molecule has 0 atom stereocenters. The number of hydrogen-bond acceptors (Lipinski definition) is 4. The lowest BCUT2D eigenvalue weighted by atomic mass is 9.70. The lowest BCUT2D eigenvalue weighted by Crippen LogP contribution is -2.25. The van der Waals surface area contributed by atoms with E-state index in [1.54, 1.807) is 0 Å². The van der Waals surface area contributed by atoms with Crippen molar-refractivity contribution in [1.29, 1.82) is 0 Å². The Morgan fingerprint density at radius 3 is 1.07 bits per heavy atom. The fourth-order valence-electron chi connectivity index (χ4n) is 13.4. The first kappa shape index (κ1) is 48.0. The number of unbranched alkanes of at least 4 members (excludes halogenated alkanes) is 12. The van der Waals surface area contributed by atoms with E-state index in [0.717, 1.165) is 55.0 Å². The van der Waals surface area contributed by atoms with Gasteiger partial charge in [-0.1, -0.05) is 215 Å². The number of fused-ring (bicyclic) bond motifs is 13. The Hall–Kier alpha value is -6.26. The highest BCUT2D eigenvalue weighted by Gasteiger charge is 2.43. The van der Waals surface area contributed by atoms with E-state index in [1.807, 2.05) is 0 Å². The lowest BCUT2D eigenvalue weighted by Gasteiger charge is -2.33. The zero-order valence-electron chi connectivity index (χ0n) is 43.6. The quantitative estimate of drug-likeness (QED) is 0.0386. The summed E-state index contributed by atoms with van der Waals surface area (Å²) in [5, 5.41) is 1.99. The summed E-state index contributed by atoms with van der Waals surface area (Å²) < 4.78 is 0. The van der Waals surface area contributed by atoms with Crippen molar-refractivity contribution in [1.82, 2.24) is 19.9 Å². The molecule has 0 unspecified atom stereocenters. The van der Waals surface area contributed by atoms with E-state index >= 15 is 0 Å². The predicted molar refractivity (Wildman–Crippen MR) is 306 cm³/mol. The molecular weight excluding hydrogens is 873 g/mol. The van der Waals surface area contributed by atoms with Crippen LogP contribution in [0, 0.1) is 0 Å². The number of nitrogens with zero attached hydrogens (tertiary/aromatic N) is 4. The predicted octanol–water partition coefficient (Wildman–Crippen LogP) is 19.6. The summed E-state index contributed by atoms with van der Waals surface area (Å²) in [6.45, 7) is 9.28. The Labute approximate surface area is 429 Å². The molecule has 0 N–H and O–H groups in total. The zero-order chi connectivity index (χ0) is 49.1. The van der Waals surface area contributed by atoms with Gasteiger partial charge in [-0.15, -0.1) is 0 Å². The van der Waals surface area contributed by atoms with Gasteiger partial charge in [-0.25, -0.2) is 9.97 Å². The average Bonchev–Trinajstić information content (AvgIpc) is 3.86. The molecule has 0 amide bonds. The van der Waals surface area contributed by atoms with Crippen molar-refractivity contribution in [2.75, 3.05) is 0 Å². The Kier molecular flexibility index (Phi) is 14.1. The summed E-state index contributed by atoms with van der Waals surface area (Å²) in [5.41, 5.74) is 21.6. The topological polar surface area (TPSA) is 51.6 Å². The van der Waals surface area contributed by atoms with E-state index in [-0.39, 0.29) is 10.8 Å². The highest BCUT2D eigenvalue weighted by molar-refractivity contribution is 6.22. The van der Waals surface area contributed by atoms with E-state index in [9.17, 15) is 0 Å². The van der Waals surface area contributed by atoms with Crippen LogP contribution in [0.15, 0.2) is 134 Å². The third-order valence-electron chi connectivity index (χ3n) is 17.1. The van der Waals surface area contributed by atoms with Gasteiger partial charge in [0.05, 0.1) is 33.1 Å². The van der Waals surface area contributed by atoms with Crippen LogP contribution in [-0.4, -0.2) is 19.9 Å². The lowest BCUT2D eigenvalue weighted by molar-refractivity contribution is 0.401. The van der Waals surface area contributed by atoms with Crippen molar-refractivity contribution in [2.24, 2.45) is 0 Å². The summed E-state index contributed by atoms with van der Waals surface area (Å²) >= 11 is 0. The van der Waals surface area contributed by atoms with Crippen LogP contribution in [0.4, 0.5) is 0 Å². The minimum absolute atomic E-state index is 0.0101. The molecule has 0 saturated heterocycles. The van der Waals surface area contributed by atoms with Crippen molar-refractivity contribution in [2.45, 2.75) is 167 Å². The van der Waals surface area contributed by atoms with E-state index in [0.29, 0.717) is 0 Å². The van der Waals surface area contributed by atoms with Crippen LogP contribution in [0.2, 0.25) is 0 Å². The van der Waals surface area contributed by atoms with Crippen molar-refractivity contribution in [3.05, 3.63) is 156 Å². The smallest absolute Gasteiger partial charge is 0.0996 e. The number of aromatic nitrogens is 4. The van der Waals surface area contributed by atoms with Gasteiger partial charge in [-0.2, -0.15) is 0 Å². The number of para-hydroxylation sites is 2. The average molecular weight is 947 g/mol. The zero-order valence-corrected chi connectivity index (χ0v) is 43.6. The van der Waals surface area contributed by atoms with E-state index in [1.165, 1.54) is 184 Å². The third-order valence-corrected chi connectivity index (χ3v) is 17.1. The first-order valence-corrected chi connectivity index (χ1v) is 28.3. The van der Waals surface area contributed by atoms with E-state index in [2.05, 4.69) is 161 Å². The van der Waals surface area contributed by atoms with Gasteiger partial charge in [-0.3, -0.25) is 9.97 Å². The fourth-order valence-corrected chi connectivity index (χ4v) is 13.4. The molecule has 6 aromatic carbocycles. The number of hydrogen-bond donors (Lipinski definition) is 0. The monoisotopic (exact) mass is 947 g/mol. The second-order valence-electron chi connectivity index (χ2n) is 21.7. The van der Waals surface area contributed by atoms with E-state index < -0.39 is 0 Å². The fraction of sp³-hybridized carbons (Fsp3) is 0.382. The summed E-state index contributed by atoms with van der Waals surface area (Å²) in [5.74, 6) is 0. The van der Waals surface area contributed by atoms with Gasteiger partial charge in [0.1, 0.15) is 0 Å². The second-order valence-corrected chi connectivity index (χ2v) is 21.7. The largest absolute Gasteiger partial charge is 0.253 e. The van der Waals surface area contributed by atoms with Crippen molar-refractivity contribution in [3.63, 3.8) is 0 Å². The molecule has 9 aromatic rings. The molecule has 0 saturated carbocycles. The third kappa shape index (κ3) is 8.61. The molecule has 3 heterocycles. The van der Waals surface area contributed by atoms with Crippen LogP contribution >= 0.6 is 0 Å². The summed E-state index contributed by atoms with van der Waals surface area (Å²) in [6, 6.07) is 46.1. The molecule has 72 heavy (non-hydrogen) atoms. The maximum atomic E-state index is 5.44.